The number of hydrogen-bond acceptors (Lipinski definition) is 2. The highest BCUT2D eigenvalue weighted by Crippen LogP contribution is 2.27. The van der Waals surface area contributed by atoms with Gasteiger partial charge in [-0.05, 0) is 25.5 Å². The van der Waals surface area contributed by atoms with Crippen molar-refractivity contribution in [3.05, 3.63) is 11.5 Å². The van der Waals surface area contributed by atoms with Crippen molar-refractivity contribution in [3.8, 4) is 0 Å². The monoisotopic (exact) mass is 154 g/mol. The zero-order valence-electron chi connectivity index (χ0n) is 5.98. The summed E-state index contributed by atoms with van der Waals surface area (Å²) in [7, 11) is 0. The molecule has 0 aliphatic carbocycles. The fourth-order valence-electron chi connectivity index (χ4n) is 1.23. The van der Waals surface area contributed by atoms with E-state index in [1.54, 1.807) is 0 Å². The number of H-pyrrole nitrogens is 1. The fourth-order valence-corrected chi connectivity index (χ4v) is 2.24. The second kappa shape index (κ2) is 2.31. The molecule has 0 fully saturated rings. The maximum Gasteiger partial charge on any atom is 0.117 e. The van der Waals surface area contributed by atoms with E-state index >= 15 is 0 Å². The van der Waals surface area contributed by atoms with Gasteiger partial charge in [0.25, 0.3) is 0 Å². The average Bonchev–Trinajstić information content (AvgIpc) is 2.27. The van der Waals surface area contributed by atoms with E-state index in [0.29, 0.717) is 0 Å². The highest BCUT2D eigenvalue weighted by molar-refractivity contribution is 7.99. The van der Waals surface area contributed by atoms with Crippen LogP contribution in [-0.4, -0.2) is 15.7 Å². The molecule has 1 aliphatic heterocycles. The summed E-state index contributed by atoms with van der Waals surface area (Å²) in [6.45, 7) is 2.01. The molecule has 0 unspecified atom stereocenters. The van der Waals surface area contributed by atoms with Crippen LogP contribution < -0.4 is 0 Å². The molecule has 3 heteroatoms. The molecule has 10 heavy (non-hydrogen) atoms. The molecule has 0 saturated carbocycles. The van der Waals surface area contributed by atoms with Crippen molar-refractivity contribution < 1.29 is 0 Å². The second-order valence-electron chi connectivity index (χ2n) is 2.56. The van der Waals surface area contributed by atoms with Crippen LogP contribution in [0, 0.1) is 6.92 Å². The lowest BCUT2D eigenvalue weighted by Gasteiger charge is -2.06. The Bertz CT molecular complexity index is 218. The first-order valence-electron chi connectivity index (χ1n) is 3.54. The predicted octanol–water partition coefficient (Wildman–Crippen LogP) is 1.76. The third-order valence-electron chi connectivity index (χ3n) is 1.67. The number of aromatic nitrogens is 2. The number of aryl methyl sites for hydroxylation is 2. The van der Waals surface area contributed by atoms with Crippen LogP contribution in [0.3, 0.4) is 0 Å². The van der Waals surface area contributed by atoms with Gasteiger partial charge in [0.15, 0.2) is 0 Å². The Morgan fingerprint density at radius 3 is 3.30 bits per heavy atom. The van der Waals surface area contributed by atoms with Gasteiger partial charge in [0.1, 0.15) is 10.9 Å². The van der Waals surface area contributed by atoms with Crippen LogP contribution in [0.4, 0.5) is 0 Å². The predicted molar refractivity (Wildman–Crippen MR) is 42.4 cm³/mol. The van der Waals surface area contributed by atoms with Gasteiger partial charge in [0.05, 0.1) is 0 Å². The summed E-state index contributed by atoms with van der Waals surface area (Å²) < 4.78 is 0. The lowest BCUT2D eigenvalue weighted by atomic mass is 10.3. The topological polar surface area (TPSA) is 28.7 Å². The molecule has 1 aliphatic rings. The Balaban J connectivity index is 2.41. The summed E-state index contributed by atoms with van der Waals surface area (Å²) in [5.41, 5.74) is 1.34. The third kappa shape index (κ3) is 0.944. The van der Waals surface area contributed by atoms with Crippen molar-refractivity contribution in [3.63, 3.8) is 0 Å². The fraction of sp³-hybridized carbons (Fsp3) is 0.571. The van der Waals surface area contributed by atoms with Gasteiger partial charge in [0, 0.05) is 5.69 Å². The standard InChI is InChI=1S/C7H10N2S/c1-5-8-6-3-2-4-10-7(6)9-5/h2-4H2,1H3,(H,8,9). The summed E-state index contributed by atoms with van der Waals surface area (Å²) >= 11 is 1.87. The van der Waals surface area contributed by atoms with Gasteiger partial charge in [-0.2, -0.15) is 0 Å². The Morgan fingerprint density at radius 2 is 2.50 bits per heavy atom. The van der Waals surface area contributed by atoms with Gasteiger partial charge in [-0.15, -0.1) is 11.8 Å². The molecular formula is C7H10N2S. The van der Waals surface area contributed by atoms with Crippen LogP contribution in [0.5, 0.6) is 0 Å². The van der Waals surface area contributed by atoms with Crippen molar-refractivity contribution in [1.29, 1.82) is 0 Å². The zero-order valence-corrected chi connectivity index (χ0v) is 6.79. The summed E-state index contributed by atoms with van der Waals surface area (Å²) in [4.78, 5) is 7.62. The Labute approximate surface area is 64.4 Å². The quantitative estimate of drug-likeness (QED) is 0.616. The van der Waals surface area contributed by atoms with Crippen LogP contribution in [0.15, 0.2) is 5.03 Å². The molecule has 0 aromatic carbocycles. The van der Waals surface area contributed by atoms with E-state index in [-0.39, 0.29) is 0 Å². The molecule has 2 nitrogen and oxygen atoms in total. The molecule has 0 radical (unpaired) electrons. The number of nitrogens with zero attached hydrogens (tertiary/aromatic N) is 1. The molecular weight excluding hydrogens is 144 g/mol. The van der Waals surface area contributed by atoms with E-state index in [1.165, 1.54) is 29.3 Å². The minimum absolute atomic E-state index is 1.06. The summed E-state index contributed by atoms with van der Waals surface area (Å²) in [5.74, 6) is 2.29. The molecule has 0 bridgehead atoms. The van der Waals surface area contributed by atoms with E-state index in [2.05, 4.69) is 9.97 Å². The molecule has 1 aromatic rings. The van der Waals surface area contributed by atoms with Crippen molar-refractivity contribution in [2.45, 2.75) is 24.8 Å². The molecule has 2 heterocycles. The summed E-state index contributed by atoms with van der Waals surface area (Å²) in [6.07, 6.45) is 2.47. The minimum Gasteiger partial charge on any atom is -0.345 e. The van der Waals surface area contributed by atoms with Gasteiger partial charge in [-0.1, -0.05) is 0 Å². The molecule has 0 amide bonds. The average molecular weight is 154 g/mol. The number of imidazole rings is 1. The van der Waals surface area contributed by atoms with Gasteiger partial charge in [0.2, 0.25) is 0 Å². The number of nitrogens with one attached hydrogen (secondary N) is 1. The minimum atomic E-state index is 1.06. The number of rotatable bonds is 0. The maximum atomic E-state index is 4.36. The lowest BCUT2D eigenvalue weighted by molar-refractivity contribution is 0.853. The highest BCUT2D eigenvalue weighted by Gasteiger charge is 2.12. The first-order chi connectivity index (χ1) is 4.86. The van der Waals surface area contributed by atoms with E-state index in [1.807, 2.05) is 18.7 Å². The van der Waals surface area contributed by atoms with Crippen LogP contribution in [0.25, 0.3) is 0 Å². The van der Waals surface area contributed by atoms with Crippen LogP contribution in [0.2, 0.25) is 0 Å². The molecule has 0 saturated heterocycles. The molecule has 1 aromatic heterocycles. The van der Waals surface area contributed by atoms with Crippen LogP contribution in [0.1, 0.15) is 17.9 Å². The number of aromatic amines is 1. The Morgan fingerprint density at radius 1 is 1.60 bits per heavy atom. The van der Waals surface area contributed by atoms with E-state index < -0.39 is 0 Å². The molecule has 0 atom stereocenters. The van der Waals surface area contributed by atoms with E-state index in [9.17, 15) is 0 Å². The van der Waals surface area contributed by atoms with Gasteiger partial charge >= 0.3 is 0 Å². The van der Waals surface area contributed by atoms with E-state index in [0.717, 1.165) is 5.82 Å². The largest absolute Gasteiger partial charge is 0.345 e. The maximum absolute atomic E-state index is 4.36. The number of hydrogen-bond donors (Lipinski definition) is 1. The van der Waals surface area contributed by atoms with Crippen LogP contribution in [-0.2, 0) is 6.42 Å². The SMILES string of the molecule is Cc1nc2c([nH]1)CCCS2. The Hall–Kier alpha value is -0.440. The smallest absolute Gasteiger partial charge is 0.117 e. The van der Waals surface area contributed by atoms with Crippen LogP contribution >= 0.6 is 11.8 Å². The molecule has 54 valence electrons. The molecule has 1 N–H and O–H groups in total. The van der Waals surface area contributed by atoms with Crippen molar-refractivity contribution in [2.24, 2.45) is 0 Å². The molecule has 2 rings (SSSR count). The first kappa shape index (κ1) is 6.28. The lowest BCUT2D eigenvalue weighted by Crippen LogP contribution is -1.96. The number of fused-ring (bicyclic) bond motifs is 1. The van der Waals surface area contributed by atoms with Gasteiger partial charge in [-0.3, -0.25) is 0 Å². The van der Waals surface area contributed by atoms with Crippen molar-refractivity contribution in [1.82, 2.24) is 9.97 Å². The summed E-state index contributed by atoms with van der Waals surface area (Å²) in [6, 6.07) is 0. The third-order valence-corrected chi connectivity index (χ3v) is 2.77. The summed E-state index contributed by atoms with van der Waals surface area (Å²) in [5, 5.41) is 1.23. The van der Waals surface area contributed by atoms with Gasteiger partial charge in [-0.25, -0.2) is 4.98 Å². The highest BCUT2D eigenvalue weighted by atomic mass is 32.2. The van der Waals surface area contributed by atoms with E-state index in [4.69, 9.17) is 0 Å². The number of thioether (sulfide) groups is 1. The van der Waals surface area contributed by atoms with Crippen molar-refractivity contribution >= 4 is 11.8 Å². The van der Waals surface area contributed by atoms with Crippen molar-refractivity contribution in [2.75, 3.05) is 5.75 Å². The molecule has 0 spiro atoms. The first-order valence-corrected chi connectivity index (χ1v) is 4.53. The Kier molecular flexibility index (Phi) is 1.45. The van der Waals surface area contributed by atoms with Gasteiger partial charge < -0.3 is 4.98 Å². The second-order valence-corrected chi connectivity index (χ2v) is 3.64. The normalized spacial score (nSPS) is 16.9. The zero-order chi connectivity index (χ0) is 6.97.